The van der Waals surface area contributed by atoms with Crippen molar-refractivity contribution >= 4 is 11.9 Å². The third-order valence-electron chi connectivity index (χ3n) is 6.06. The van der Waals surface area contributed by atoms with Gasteiger partial charge in [0.15, 0.2) is 0 Å². The molecule has 1 aromatic carbocycles. The number of aliphatic hydroxyl groups is 2. The van der Waals surface area contributed by atoms with Crippen molar-refractivity contribution in [1.29, 1.82) is 0 Å². The quantitative estimate of drug-likeness (QED) is 0.397. The molecule has 0 aliphatic heterocycles. The van der Waals surface area contributed by atoms with Crippen LogP contribution in [0.25, 0.3) is 17.2 Å². The molecule has 2 N–H and O–H groups in total. The van der Waals surface area contributed by atoms with Crippen LogP contribution in [0.1, 0.15) is 95.7 Å². The summed E-state index contributed by atoms with van der Waals surface area (Å²) in [7, 11) is 0. The zero-order valence-electron chi connectivity index (χ0n) is 21.6. The number of pyridine rings is 1. The molecule has 0 saturated heterocycles. The molecule has 186 valence electrons. The van der Waals surface area contributed by atoms with Crippen molar-refractivity contribution in [2.75, 3.05) is 0 Å². The van der Waals surface area contributed by atoms with Gasteiger partial charge in [-0.1, -0.05) is 72.8 Å². The molecule has 2 atom stereocenters. The molecule has 1 aromatic heterocycles. The molecule has 1 heterocycles. The van der Waals surface area contributed by atoms with Gasteiger partial charge in [-0.05, 0) is 47.1 Å². The van der Waals surface area contributed by atoms with Gasteiger partial charge in [0, 0.05) is 30.0 Å². The number of carbonyl (C=O) groups is 1. The number of halogens is 1. The van der Waals surface area contributed by atoms with Crippen molar-refractivity contribution in [3.8, 4) is 11.1 Å². The van der Waals surface area contributed by atoms with Gasteiger partial charge in [0.05, 0.1) is 17.9 Å². The van der Waals surface area contributed by atoms with Gasteiger partial charge in [-0.15, -0.1) is 0 Å². The molecule has 4 nitrogen and oxygen atoms in total. The molecule has 2 unspecified atom stereocenters. The molecular formula is C29H40FNO3. The van der Waals surface area contributed by atoms with Crippen molar-refractivity contribution in [2.45, 2.75) is 91.8 Å². The lowest BCUT2D eigenvalue weighted by Gasteiger charge is -2.23. The summed E-state index contributed by atoms with van der Waals surface area (Å²) in [4.78, 5) is 17.0. The first-order valence-electron chi connectivity index (χ1n) is 12.4. The molecule has 0 aliphatic rings. The Morgan fingerprint density at radius 2 is 1.59 bits per heavy atom. The minimum Gasteiger partial charge on any atom is -0.393 e. The third-order valence-corrected chi connectivity index (χ3v) is 6.06. The van der Waals surface area contributed by atoms with Gasteiger partial charge in [0.1, 0.15) is 11.6 Å². The first-order valence-corrected chi connectivity index (χ1v) is 12.4. The number of aromatic nitrogens is 1. The molecule has 0 aliphatic carbocycles. The van der Waals surface area contributed by atoms with Crippen LogP contribution in [0, 0.1) is 11.7 Å². The number of Topliss-reactive ketones (excluding diaryl/α,β-unsaturated/α-hetero) is 1. The van der Waals surface area contributed by atoms with E-state index in [0.29, 0.717) is 0 Å². The number of hydrogen-bond acceptors (Lipinski definition) is 4. The van der Waals surface area contributed by atoms with E-state index in [1.54, 1.807) is 32.1 Å². The van der Waals surface area contributed by atoms with Gasteiger partial charge in [0.25, 0.3) is 0 Å². The first-order chi connectivity index (χ1) is 16.0. The fraction of sp³-hybridized carbons (Fsp3) is 0.517. The second-order valence-electron chi connectivity index (χ2n) is 9.96. The summed E-state index contributed by atoms with van der Waals surface area (Å²) in [5.74, 6) is -0.100. The van der Waals surface area contributed by atoms with Gasteiger partial charge in [-0.3, -0.25) is 9.78 Å². The molecule has 5 heteroatoms. The number of ketones is 1. The molecule has 2 rings (SSSR count). The lowest BCUT2D eigenvalue weighted by Crippen LogP contribution is -2.21. The minimum absolute atomic E-state index is 0.0227. The van der Waals surface area contributed by atoms with Crippen LogP contribution < -0.4 is 0 Å². The minimum atomic E-state index is -0.911. The van der Waals surface area contributed by atoms with Crippen LogP contribution in [-0.2, 0) is 11.2 Å². The Morgan fingerprint density at radius 3 is 2.09 bits per heavy atom. The van der Waals surface area contributed by atoms with E-state index in [0.717, 1.165) is 40.1 Å². The standard InChI is InChI=1S/C29H40FNO3/c1-8-24-27(20-9-11-21(30)12-10-20)25(29(19(6)7)31-28(24)18(4)5)14-13-22(32)15-23(33)16-26(34)17(2)3/h9-14,17-19,22-23,32-33H,8,15-16H2,1-7H3/b14-13+. The maximum Gasteiger partial charge on any atom is 0.137 e. The Kier molecular flexibility index (Phi) is 10.1. The van der Waals surface area contributed by atoms with Crippen LogP contribution in [0.15, 0.2) is 30.3 Å². The van der Waals surface area contributed by atoms with Crippen molar-refractivity contribution in [2.24, 2.45) is 5.92 Å². The highest BCUT2D eigenvalue weighted by molar-refractivity contribution is 5.81. The smallest absolute Gasteiger partial charge is 0.137 e. The van der Waals surface area contributed by atoms with E-state index in [1.165, 1.54) is 12.1 Å². The topological polar surface area (TPSA) is 70.4 Å². The Bertz CT molecular complexity index is 993. The third kappa shape index (κ3) is 7.07. The van der Waals surface area contributed by atoms with E-state index in [9.17, 15) is 19.4 Å². The zero-order chi connectivity index (χ0) is 25.6. The van der Waals surface area contributed by atoms with Gasteiger partial charge in [-0.25, -0.2) is 4.39 Å². The van der Waals surface area contributed by atoms with Gasteiger partial charge >= 0.3 is 0 Å². The SMILES string of the molecule is CCc1c(C(C)C)nc(C(C)C)c(/C=C/C(O)CC(O)CC(=O)C(C)C)c1-c1ccc(F)cc1. The Balaban J connectivity index is 2.56. The van der Waals surface area contributed by atoms with Crippen LogP contribution in [-0.4, -0.2) is 33.2 Å². The van der Waals surface area contributed by atoms with Crippen LogP contribution in [0.5, 0.6) is 0 Å². The number of hydrogen-bond donors (Lipinski definition) is 2. The average Bonchev–Trinajstić information content (AvgIpc) is 2.76. The molecule has 0 saturated carbocycles. The van der Waals surface area contributed by atoms with Gasteiger partial charge in [0.2, 0.25) is 0 Å². The molecule has 0 amide bonds. The highest BCUT2D eigenvalue weighted by Crippen LogP contribution is 2.37. The van der Waals surface area contributed by atoms with E-state index in [4.69, 9.17) is 4.98 Å². The van der Waals surface area contributed by atoms with Crippen LogP contribution in [0.4, 0.5) is 4.39 Å². The second kappa shape index (κ2) is 12.4. The monoisotopic (exact) mass is 469 g/mol. The number of benzene rings is 1. The number of carbonyl (C=O) groups excluding carboxylic acids is 1. The van der Waals surface area contributed by atoms with Crippen LogP contribution in [0.2, 0.25) is 0 Å². The largest absolute Gasteiger partial charge is 0.393 e. The second-order valence-corrected chi connectivity index (χ2v) is 9.96. The van der Waals surface area contributed by atoms with Gasteiger partial charge in [-0.2, -0.15) is 0 Å². The van der Waals surface area contributed by atoms with E-state index >= 15 is 0 Å². The highest BCUT2D eigenvalue weighted by Gasteiger charge is 2.22. The summed E-state index contributed by atoms with van der Waals surface area (Å²) >= 11 is 0. The molecule has 2 aromatic rings. The molecular weight excluding hydrogens is 429 g/mol. The van der Waals surface area contributed by atoms with E-state index < -0.39 is 12.2 Å². The highest BCUT2D eigenvalue weighted by atomic mass is 19.1. The summed E-state index contributed by atoms with van der Waals surface area (Å²) in [6, 6.07) is 6.49. The summed E-state index contributed by atoms with van der Waals surface area (Å²) in [6.45, 7) is 14.1. The van der Waals surface area contributed by atoms with Crippen molar-refractivity contribution in [3.05, 3.63) is 58.7 Å². The molecule has 0 spiro atoms. The normalized spacial score (nSPS) is 13.9. The molecule has 0 fully saturated rings. The van der Waals surface area contributed by atoms with Crippen molar-refractivity contribution in [3.63, 3.8) is 0 Å². The molecule has 34 heavy (non-hydrogen) atoms. The Hall–Kier alpha value is -2.37. The summed E-state index contributed by atoms with van der Waals surface area (Å²) in [6.07, 6.45) is 2.60. The van der Waals surface area contributed by atoms with E-state index in [-0.39, 0.29) is 42.2 Å². The van der Waals surface area contributed by atoms with E-state index in [2.05, 4.69) is 34.6 Å². The van der Waals surface area contributed by atoms with Crippen LogP contribution >= 0.6 is 0 Å². The maximum atomic E-state index is 13.7. The number of nitrogens with zero attached hydrogens (tertiary/aromatic N) is 1. The fourth-order valence-corrected chi connectivity index (χ4v) is 4.18. The Morgan fingerprint density at radius 1 is 1.00 bits per heavy atom. The molecule has 0 radical (unpaired) electrons. The summed E-state index contributed by atoms with van der Waals surface area (Å²) in [5.41, 5.74) is 5.87. The summed E-state index contributed by atoms with van der Waals surface area (Å²) in [5, 5.41) is 20.9. The van der Waals surface area contributed by atoms with Gasteiger partial charge < -0.3 is 10.2 Å². The molecule has 0 bridgehead atoms. The average molecular weight is 470 g/mol. The maximum absolute atomic E-state index is 13.7. The fourth-order valence-electron chi connectivity index (χ4n) is 4.18. The first kappa shape index (κ1) is 27.9. The van der Waals surface area contributed by atoms with Crippen LogP contribution in [0.3, 0.4) is 0 Å². The Labute approximate surface area is 204 Å². The van der Waals surface area contributed by atoms with E-state index in [1.807, 2.05) is 6.08 Å². The number of aliphatic hydroxyl groups excluding tert-OH is 2. The predicted molar refractivity (Wildman–Crippen MR) is 137 cm³/mol. The van der Waals surface area contributed by atoms with Crippen molar-refractivity contribution < 1.29 is 19.4 Å². The lowest BCUT2D eigenvalue weighted by atomic mass is 9.86. The number of rotatable bonds is 11. The van der Waals surface area contributed by atoms with Crippen molar-refractivity contribution in [1.82, 2.24) is 4.98 Å². The predicted octanol–water partition coefficient (Wildman–Crippen LogP) is 6.44. The summed E-state index contributed by atoms with van der Waals surface area (Å²) < 4.78 is 13.7. The zero-order valence-corrected chi connectivity index (χ0v) is 21.6. The lowest BCUT2D eigenvalue weighted by molar-refractivity contribution is -0.124.